The van der Waals surface area contributed by atoms with Crippen molar-refractivity contribution in [2.45, 2.75) is 64.5 Å². The standard InChI is InChI=1S/C15H28N2O2S/c1-4-12(2)17-14(18)11-13(15(17)19)16-9-7-5-6-8-10-20-3/h12-13,16H,4-11H2,1-3H3. The van der Waals surface area contributed by atoms with E-state index in [1.807, 2.05) is 25.6 Å². The maximum absolute atomic E-state index is 12.2. The molecule has 0 bridgehead atoms. The number of rotatable bonds is 10. The number of thioether (sulfide) groups is 1. The molecule has 0 aromatic rings. The van der Waals surface area contributed by atoms with Crippen LogP contribution in [-0.4, -0.2) is 47.4 Å². The first-order valence-electron chi connectivity index (χ1n) is 7.70. The van der Waals surface area contributed by atoms with Crippen molar-refractivity contribution in [3.05, 3.63) is 0 Å². The number of likely N-dealkylation sites (tertiary alicyclic amines) is 1. The third-order valence-electron chi connectivity index (χ3n) is 3.88. The molecule has 1 N–H and O–H groups in total. The van der Waals surface area contributed by atoms with Gasteiger partial charge in [0.1, 0.15) is 0 Å². The minimum Gasteiger partial charge on any atom is -0.305 e. The van der Waals surface area contributed by atoms with Gasteiger partial charge in [-0.25, -0.2) is 0 Å². The molecule has 1 rings (SSSR count). The van der Waals surface area contributed by atoms with E-state index in [4.69, 9.17) is 0 Å². The van der Waals surface area contributed by atoms with Crippen molar-refractivity contribution in [2.75, 3.05) is 18.6 Å². The summed E-state index contributed by atoms with van der Waals surface area (Å²) in [5.74, 6) is 1.17. The first-order chi connectivity index (χ1) is 9.61. The normalized spacial score (nSPS) is 20.8. The van der Waals surface area contributed by atoms with Gasteiger partial charge in [0.2, 0.25) is 11.8 Å². The van der Waals surface area contributed by atoms with Crippen LogP contribution in [0.5, 0.6) is 0 Å². The fraction of sp³-hybridized carbons (Fsp3) is 0.867. The summed E-state index contributed by atoms with van der Waals surface area (Å²) < 4.78 is 0. The Morgan fingerprint density at radius 3 is 2.65 bits per heavy atom. The van der Waals surface area contributed by atoms with Crippen LogP contribution in [0.1, 0.15) is 52.4 Å². The number of hydrogen-bond acceptors (Lipinski definition) is 4. The number of unbranched alkanes of at least 4 members (excludes halogenated alkanes) is 3. The molecule has 2 atom stereocenters. The minimum atomic E-state index is -0.289. The van der Waals surface area contributed by atoms with E-state index in [-0.39, 0.29) is 23.9 Å². The van der Waals surface area contributed by atoms with Crippen molar-refractivity contribution < 1.29 is 9.59 Å². The predicted molar refractivity (Wildman–Crippen MR) is 84.9 cm³/mol. The van der Waals surface area contributed by atoms with Crippen molar-refractivity contribution in [3.63, 3.8) is 0 Å². The van der Waals surface area contributed by atoms with E-state index in [0.717, 1.165) is 19.4 Å². The Bertz CT molecular complexity index is 323. The summed E-state index contributed by atoms with van der Waals surface area (Å²) in [7, 11) is 0. The zero-order valence-corrected chi connectivity index (χ0v) is 13.8. The van der Waals surface area contributed by atoms with Crippen LogP contribution in [-0.2, 0) is 9.59 Å². The molecule has 2 amide bonds. The van der Waals surface area contributed by atoms with E-state index >= 15 is 0 Å². The van der Waals surface area contributed by atoms with Gasteiger partial charge in [-0.3, -0.25) is 14.5 Å². The van der Waals surface area contributed by atoms with Gasteiger partial charge in [0.05, 0.1) is 12.5 Å². The highest BCUT2D eigenvalue weighted by atomic mass is 32.2. The molecule has 116 valence electrons. The Morgan fingerprint density at radius 1 is 1.30 bits per heavy atom. The highest BCUT2D eigenvalue weighted by molar-refractivity contribution is 7.98. The maximum atomic E-state index is 12.2. The first-order valence-corrected chi connectivity index (χ1v) is 9.09. The molecule has 20 heavy (non-hydrogen) atoms. The van der Waals surface area contributed by atoms with Gasteiger partial charge in [0, 0.05) is 6.04 Å². The topological polar surface area (TPSA) is 49.4 Å². The second-order valence-electron chi connectivity index (χ2n) is 5.48. The smallest absolute Gasteiger partial charge is 0.247 e. The Balaban J connectivity index is 2.22. The zero-order chi connectivity index (χ0) is 15.0. The molecule has 1 fully saturated rings. The second-order valence-corrected chi connectivity index (χ2v) is 6.46. The number of amides is 2. The second kappa shape index (κ2) is 9.40. The maximum Gasteiger partial charge on any atom is 0.247 e. The number of nitrogens with one attached hydrogen (secondary N) is 1. The molecule has 5 heteroatoms. The lowest BCUT2D eigenvalue weighted by Gasteiger charge is -2.21. The van der Waals surface area contributed by atoms with E-state index in [0.29, 0.717) is 6.42 Å². The van der Waals surface area contributed by atoms with Gasteiger partial charge in [0.15, 0.2) is 0 Å². The predicted octanol–water partition coefficient (Wildman–Crippen LogP) is 2.43. The van der Waals surface area contributed by atoms with Crippen molar-refractivity contribution in [2.24, 2.45) is 0 Å². The molecule has 0 aromatic heterocycles. The first kappa shape index (κ1) is 17.5. The van der Waals surface area contributed by atoms with Crippen molar-refractivity contribution in [1.82, 2.24) is 10.2 Å². The van der Waals surface area contributed by atoms with Gasteiger partial charge >= 0.3 is 0 Å². The average Bonchev–Trinajstić information content (AvgIpc) is 2.72. The van der Waals surface area contributed by atoms with Crippen molar-refractivity contribution >= 4 is 23.6 Å². The third-order valence-corrected chi connectivity index (χ3v) is 4.58. The van der Waals surface area contributed by atoms with Crippen LogP contribution in [0.15, 0.2) is 0 Å². The van der Waals surface area contributed by atoms with Crippen LogP contribution in [0.3, 0.4) is 0 Å². The van der Waals surface area contributed by atoms with Crippen molar-refractivity contribution in [1.29, 1.82) is 0 Å². The molecule has 0 saturated carbocycles. The zero-order valence-electron chi connectivity index (χ0n) is 13.0. The number of imide groups is 1. The minimum absolute atomic E-state index is 0.0216. The third kappa shape index (κ3) is 5.09. The largest absolute Gasteiger partial charge is 0.305 e. The molecule has 1 saturated heterocycles. The molecule has 0 radical (unpaired) electrons. The molecule has 0 spiro atoms. The fourth-order valence-corrected chi connectivity index (χ4v) is 2.95. The van der Waals surface area contributed by atoms with Crippen LogP contribution in [0, 0.1) is 0 Å². The quantitative estimate of drug-likeness (QED) is 0.497. The summed E-state index contributed by atoms with van der Waals surface area (Å²) in [4.78, 5) is 25.5. The Labute approximate surface area is 127 Å². The van der Waals surface area contributed by atoms with Gasteiger partial charge in [-0.05, 0) is 44.7 Å². The van der Waals surface area contributed by atoms with Gasteiger partial charge in [-0.2, -0.15) is 11.8 Å². The SMILES string of the molecule is CCC(C)N1C(=O)CC(NCCCCCCSC)C1=O. The van der Waals surface area contributed by atoms with Gasteiger partial charge in [0.25, 0.3) is 0 Å². The lowest BCUT2D eigenvalue weighted by atomic mass is 10.2. The van der Waals surface area contributed by atoms with Crippen LogP contribution in [0.2, 0.25) is 0 Å². The number of nitrogens with zero attached hydrogens (tertiary/aromatic N) is 1. The van der Waals surface area contributed by atoms with Crippen LogP contribution < -0.4 is 5.32 Å². The van der Waals surface area contributed by atoms with Gasteiger partial charge < -0.3 is 5.32 Å². The van der Waals surface area contributed by atoms with E-state index < -0.39 is 0 Å². The van der Waals surface area contributed by atoms with Crippen LogP contribution >= 0.6 is 11.8 Å². The van der Waals surface area contributed by atoms with Crippen LogP contribution in [0.4, 0.5) is 0 Å². The summed E-state index contributed by atoms with van der Waals surface area (Å²) in [5.41, 5.74) is 0. The highest BCUT2D eigenvalue weighted by Gasteiger charge is 2.39. The lowest BCUT2D eigenvalue weighted by Crippen LogP contribution is -2.42. The molecular formula is C15H28N2O2S. The van der Waals surface area contributed by atoms with E-state index in [9.17, 15) is 9.59 Å². The molecule has 4 nitrogen and oxygen atoms in total. The summed E-state index contributed by atoms with van der Waals surface area (Å²) in [6.45, 7) is 4.77. The summed E-state index contributed by atoms with van der Waals surface area (Å²) >= 11 is 1.89. The number of carbonyl (C=O) groups excluding carboxylic acids is 2. The molecular weight excluding hydrogens is 272 g/mol. The Morgan fingerprint density at radius 2 is 2.00 bits per heavy atom. The summed E-state index contributed by atoms with van der Waals surface area (Å²) in [5, 5.41) is 3.24. The molecule has 2 unspecified atom stereocenters. The summed E-state index contributed by atoms with van der Waals surface area (Å²) in [6, 6.07) is -0.268. The Hall–Kier alpha value is -0.550. The monoisotopic (exact) mass is 300 g/mol. The molecule has 1 aliphatic rings. The Kier molecular flexibility index (Phi) is 8.22. The van der Waals surface area contributed by atoms with Gasteiger partial charge in [-0.1, -0.05) is 19.8 Å². The highest BCUT2D eigenvalue weighted by Crippen LogP contribution is 2.18. The molecule has 1 heterocycles. The van der Waals surface area contributed by atoms with Gasteiger partial charge in [-0.15, -0.1) is 0 Å². The van der Waals surface area contributed by atoms with Crippen LogP contribution in [0.25, 0.3) is 0 Å². The molecule has 0 aromatic carbocycles. The summed E-state index contributed by atoms with van der Waals surface area (Å²) in [6.07, 6.45) is 8.07. The van der Waals surface area contributed by atoms with E-state index in [2.05, 4.69) is 11.6 Å². The number of hydrogen-bond donors (Lipinski definition) is 1. The molecule has 0 aliphatic carbocycles. The fourth-order valence-electron chi connectivity index (χ4n) is 2.46. The number of carbonyl (C=O) groups is 2. The lowest BCUT2D eigenvalue weighted by molar-refractivity contribution is -0.141. The van der Waals surface area contributed by atoms with Crippen molar-refractivity contribution in [3.8, 4) is 0 Å². The van der Waals surface area contributed by atoms with E-state index in [1.165, 1.54) is 29.9 Å². The molecule has 1 aliphatic heterocycles. The average molecular weight is 300 g/mol. The van der Waals surface area contributed by atoms with E-state index in [1.54, 1.807) is 0 Å².